The lowest BCUT2D eigenvalue weighted by molar-refractivity contribution is -0.127. The minimum Gasteiger partial charge on any atom is -0.481 e. The Bertz CT molecular complexity index is 536. The van der Waals surface area contributed by atoms with Gasteiger partial charge in [-0.2, -0.15) is 0 Å². The highest BCUT2D eigenvalue weighted by Gasteiger charge is 2.16. The molecule has 1 amide bonds. The number of hydrogen-bond acceptors (Lipinski definition) is 3. The Morgan fingerprint density at radius 3 is 2.79 bits per heavy atom. The van der Waals surface area contributed by atoms with Gasteiger partial charge in [-0.3, -0.25) is 4.79 Å². The molecule has 2 N–H and O–H groups in total. The molecule has 6 heteroatoms. The van der Waals surface area contributed by atoms with E-state index < -0.39 is 29.4 Å². The van der Waals surface area contributed by atoms with Crippen LogP contribution in [0.5, 0.6) is 5.75 Å². The molecule has 0 aliphatic carbocycles. The Hall–Kier alpha value is -2.55. The third kappa shape index (κ3) is 4.00. The molecule has 0 saturated heterocycles. The second-order valence-corrected chi connectivity index (χ2v) is 3.63. The highest BCUT2D eigenvalue weighted by molar-refractivity contribution is 5.88. The number of benzene rings is 1. The fraction of sp³-hybridized carbons (Fsp3) is 0.231. The monoisotopic (exact) mass is 265 g/mol. The number of carbonyl (C=O) groups excluding carboxylic acids is 1. The van der Waals surface area contributed by atoms with Gasteiger partial charge < -0.3 is 15.2 Å². The third-order valence-electron chi connectivity index (χ3n) is 2.22. The van der Waals surface area contributed by atoms with E-state index in [-0.39, 0.29) is 12.3 Å². The Labute approximate surface area is 109 Å². The molecule has 100 valence electrons. The van der Waals surface area contributed by atoms with Crippen LogP contribution < -0.4 is 10.1 Å². The van der Waals surface area contributed by atoms with E-state index in [2.05, 4.69) is 11.2 Å². The summed E-state index contributed by atoms with van der Waals surface area (Å²) in [5.74, 6) is -0.450. The third-order valence-corrected chi connectivity index (χ3v) is 2.22. The lowest BCUT2D eigenvalue weighted by Gasteiger charge is -2.14. The summed E-state index contributed by atoms with van der Waals surface area (Å²) in [7, 11) is 0. The first-order chi connectivity index (χ1) is 8.95. The molecule has 1 aromatic carbocycles. The topological polar surface area (TPSA) is 75.6 Å². The Morgan fingerprint density at radius 1 is 1.58 bits per heavy atom. The van der Waals surface area contributed by atoms with Crippen LogP contribution in [-0.4, -0.2) is 29.6 Å². The predicted molar refractivity (Wildman–Crippen MR) is 65.3 cm³/mol. The summed E-state index contributed by atoms with van der Waals surface area (Å²) in [6, 6.07) is 3.25. The van der Waals surface area contributed by atoms with E-state index in [0.717, 1.165) is 12.1 Å². The largest absolute Gasteiger partial charge is 0.481 e. The van der Waals surface area contributed by atoms with Crippen LogP contribution in [0.1, 0.15) is 17.3 Å². The van der Waals surface area contributed by atoms with Crippen molar-refractivity contribution in [2.45, 2.75) is 13.0 Å². The van der Waals surface area contributed by atoms with E-state index in [1.165, 1.54) is 13.0 Å². The number of carboxylic acids is 1. The van der Waals surface area contributed by atoms with Crippen LogP contribution in [-0.2, 0) is 4.79 Å². The number of rotatable bonds is 5. The van der Waals surface area contributed by atoms with Gasteiger partial charge in [0.15, 0.2) is 6.10 Å². The summed E-state index contributed by atoms with van der Waals surface area (Å²) in [6.07, 6.45) is 4.11. The van der Waals surface area contributed by atoms with Gasteiger partial charge in [-0.15, -0.1) is 6.42 Å². The molecule has 0 fully saturated rings. The number of carbonyl (C=O) groups is 2. The van der Waals surface area contributed by atoms with Crippen LogP contribution in [0.2, 0.25) is 0 Å². The first kappa shape index (κ1) is 14.5. The highest BCUT2D eigenvalue weighted by atomic mass is 19.1. The van der Waals surface area contributed by atoms with Gasteiger partial charge >= 0.3 is 5.97 Å². The zero-order valence-electron chi connectivity index (χ0n) is 10.1. The number of aromatic carboxylic acids is 1. The molecule has 1 unspecified atom stereocenters. The number of amides is 1. The van der Waals surface area contributed by atoms with Gasteiger partial charge in [0.2, 0.25) is 0 Å². The van der Waals surface area contributed by atoms with E-state index in [0.29, 0.717) is 0 Å². The van der Waals surface area contributed by atoms with Crippen LogP contribution in [0.4, 0.5) is 4.39 Å². The highest BCUT2D eigenvalue weighted by Crippen LogP contribution is 2.18. The van der Waals surface area contributed by atoms with Gasteiger partial charge in [-0.25, -0.2) is 9.18 Å². The van der Waals surface area contributed by atoms with E-state index >= 15 is 0 Å². The molecule has 1 aromatic rings. The maximum Gasteiger partial charge on any atom is 0.338 e. The first-order valence-electron chi connectivity index (χ1n) is 5.36. The van der Waals surface area contributed by atoms with Crippen LogP contribution >= 0.6 is 0 Å². The fourth-order valence-corrected chi connectivity index (χ4v) is 1.28. The van der Waals surface area contributed by atoms with E-state index in [1.54, 1.807) is 0 Å². The van der Waals surface area contributed by atoms with Gasteiger partial charge in [0.1, 0.15) is 11.6 Å². The molecule has 0 radical (unpaired) electrons. The van der Waals surface area contributed by atoms with Gasteiger partial charge in [0.05, 0.1) is 12.1 Å². The van der Waals surface area contributed by atoms with Crippen LogP contribution in [0.3, 0.4) is 0 Å². The molecule has 0 aliphatic rings. The average molecular weight is 265 g/mol. The molecule has 0 aromatic heterocycles. The number of ether oxygens (including phenoxy) is 1. The second kappa shape index (κ2) is 6.40. The zero-order chi connectivity index (χ0) is 14.4. The molecule has 0 bridgehead atoms. The lowest BCUT2D eigenvalue weighted by atomic mass is 10.2. The summed E-state index contributed by atoms with van der Waals surface area (Å²) in [4.78, 5) is 22.1. The van der Waals surface area contributed by atoms with Crippen LogP contribution in [0.15, 0.2) is 18.2 Å². The second-order valence-electron chi connectivity index (χ2n) is 3.63. The van der Waals surface area contributed by atoms with Gasteiger partial charge in [-0.05, 0) is 19.1 Å². The minimum absolute atomic E-state index is 0.0610. The summed E-state index contributed by atoms with van der Waals surface area (Å²) < 4.78 is 18.5. The van der Waals surface area contributed by atoms with Crippen molar-refractivity contribution < 1.29 is 23.8 Å². The van der Waals surface area contributed by atoms with Crippen molar-refractivity contribution in [3.63, 3.8) is 0 Å². The summed E-state index contributed by atoms with van der Waals surface area (Å²) in [6.45, 7) is 1.54. The number of halogens is 1. The minimum atomic E-state index is -1.37. The number of carboxylic acid groups (broad SMARTS) is 1. The van der Waals surface area contributed by atoms with Crippen molar-refractivity contribution in [3.05, 3.63) is 29.6 Å². The average Bonchev–Trinajstić information content (AvgIpc) is 2.35. The maximum atomic E-state index is 13.4. The lowest BCUT2D eigenvalue weighted by Crippen LogP contribution is -2.36. The molecule has 1 atom stereocenters. The van der Waals surface area contributed by atoms with Crippen LogP contribution in [0.25, 0.3) is 0 Å². The zero-order valence-corrected chi connectivity index (χ0v) is 10.1. The van der Waals surface area contributed by atoms with Crippen LogP contribution in [0, 0.1) is 18.2 Å². The molecule has 0 heterocycles. The smallest absolute Gasteiger partial charge is 0.338 e. The van der Waals surface area contributed by atoms with E-state index in [1.807, 2.05) is 0 Å². The van der Waals surface area contributed by atoms with Gasteiger partial charge in [0, 0.05) is 6.07 Å². The number of nitrogens with one attached hydrogen (secondary N) is 1. The molecule has 0 aliphatic heterocycles. The molecular weight excluding hydrogens is 253 g/mol. The van der Waals surface area contributed by atoms with Crippen molar-refractivity contribution in [1.82, 2.24) is 5.32 Å². The maximum absolute atomic E-state index is 13.4. The normalized spacial score (nSPS) is 11.2. The Morgan fingerprint density at radius 2 is 2.26 bits per heavy atom. The quantitative estimate of drug-likeness (QED) is 0.780. The van der Waals surface area contributed by atoms with Crippen molar-refractivity contribution in [3.8, 4) is 18.1 Å². The van der Waals surface area contributed by atoms with Crippen molar-refractivity contribution in [2.24, 2.45) is 0 Å². The SMILES string of the molecule is C#CCNC(=O)C(C)Oc1ccc(C(=O)O)c(F)c1. The Balaban J connectivity index is 2.73. The standard InChI is InChI=1S/C13H12FNO4/c1-3-6-15-12(16)8(2)19-9-4-5-10(13(17)18)11(14)7-9/h1,4-5,7-8H,6H2,2H3,(H,15,16)(H,17,18). The van der Waals surface area contributed by atoms with E-state index in [9.17, 15) is 14.0 Å². The van der Waals surface area contributed by atoms with Crippen molar-refractivity contribution in [2.75, 3.05) is 6.54 Å². The first-order valence-corrected chi connectivity index (χ1v) is 5.36. The number of terminal acetylenes is 1. The summed E-state index contributed by atoms with van der Waals surface area (Å²) >= 11 is 0. The van der Waals surface area contributed by atoms with Gasteiger partial charge in [0.25, 0.3) is 5.91 Å². The summed E-state index contributed by atoms with van der Waals surface area (Å²) in [5.41, 5.74) is -0.461. The van der Waals surface area contributed by atoms with Crippen molar-refractivity contribution >= 4 is 11.9 Å². The molecular formula is C13H12FNO4. The van der Waals surface area contributed by atoms with Gasteiger partial charge in [-0.1, -0.05) is 5.92 Å². The fourth-order valence-electron chi connectivity index (χ4n) is 1.28. The molecule has 19 heavy (non-hydrogen) atoms. The molecule has 0 saturated carbocycles. The van der Waals surface area contributed by atoms with Crippen molar-refractivity contribution in [1.29, 1.82) is 0 Å². The summed E-state index contributed by atoms with van der Waals surface area (Å²) in [5, 5.41) is 11.1. The number of hydrogen-bond donors (Lipinski definition) is 2. The molecule has 0 spiro atoms. The predicted octanol–water partition coefficient (Wildman–Crippen LogP) is 1.04. The molecule has 1 rings (SSSR count). The van der Waals surface area contributed by atoms with E-state index in [4.69, 9.17) is 16.3 Å². The Kier molecular flexibility index (Phi) is 4.89. The molecule has 5 nitrogen and oxygen atoms in total.